The number of rotatable bonds is 18. The van der Waals surface area contributed by atoms with E-state index >= 15 is 0 Å². The molecule has 0 amide bonds. The van der Waals surface area contributed by atoms with Crippen molar-refractivity contribution < 1.29 is 27.6 Å². The zero-order valence-corrected chi connectivity index (χ0v) is 18.1. The highest BCUT2D eigenvalue weighted by molar-refractivity contribution is 4.50. The molecule has 0 unspecified atom stereocenters. The van der Waals surface area contributed by atoms with Gasteiger partial charge < -0.3 is 12.4 Å². The number of hydrogen-bond acceptors (Lipinski definition) is 2. The molecule has 0 aliphatic heterocycles. The van der Waals surface area contributed by atoms with E-state index in [0.29, 0.717) is 6.54 Å². The van der Waals surface area contributed by atoms with Crippen molar-refractivity contribution in [2.45, 2.75) is 130 Å². The molecule has 4 heteroatoms. The van der Waals surface area contributed by atoms with Gasteiger partial charge >= 0.3 is 0 Å². The van der Waals surface area contributed by atoms with Crippen LogP contribution in [0, 0.1) is 0 Å². The average molecular weight is 380 g/mol. The Morgan fingerprint density at radius 2 is 0.840 bits per heavy atom. The third-order valence-corrected chi connectivity index (χ3v) is 5.17. The van der Waals surface area contributed by atoms with Crippen LogP contribution < -0.4 is 12.4 Å². The van der Waals surface area contributed by atoms with Gasteiger partial charge in [0.2, 0.25) is 0 Å². The second-order valence-corrected chi connectivity index (χ2v) is 7.91. The lowest BCUT2D eigenvalue weighted by atomic mass is 10.0. The van der Waals surface area contributed by atoms with Crippen molar-refractivity contribution in [3.05, 3.63) is 0 Å². The summed E-state index contributed by atoms with van der Waals surface area (Å²) in [6.07, 6.45) is 21.5. The van der Waals surface area contributed by atoms with Crippen molar-refractivity contribution in [2.24, 2.45) is 0 Å². The van der Waals surface area contributed by atoms with Gasteiger partial charge in [0.25, 0.3) is 0 Å². The second kappa shape index (κ2) is 18.9. The van der Waals surface area contributed by atoms with Crippen LogP contribution in [0.15, 0.2) is 0 Å². The first kappa shape index (κ1) is 27.4. The molecule has 3 nitrogen and oxygen atoms in total. The highest BCUT2D eigenvalue weighted by atomic mass is 35.5. The lowest BCUT2D eigenvalue weighted by Gasteiger charge is -2.25. The molecule has 0 spiro atoms. The largest absolute Gasteiger partial charge is 1.00 e. The first-order chi connectivity index (χ1) is 11.5. The molecule has 0 aliphatic rings. The summed E-state index contributed by atoms with van der Waals surface area (Å²) >= 11 is 0. The van der Waals surface area contributed by atoms with Crippen LogP contribution in [0.25, 0.3) is 0 Å². The van der Waals surface area contributed by atoms with Crippen molar-refractivity contribution in [3.8, 4) is 0 Å². The SMILES string of the molecule is CCCCCCCCCCCCCCCCCC[N+](O)(O)C(C)C.[Cl-]. The van der Waals surface area contributed by atoms with Crippen molar-refractivity contribution in [2.75, 3.05) is 6.54 Å². The minimum atomic E-state index is -0.821. The smallest absolute Gasteiger partial charge is 0.146 e. The number of nitrogens with zero attached hydrogens (tertiary/aromatic N) is 1. The summed E-state index contributed by atoms with van der Waals surface area (Å²) in [6.45, 7) is 6.41. The van der Waals surface area contributed by atoms with Crippen LogP contribution in [-0.2, 0) is 0 Å². The van der Waals surface area contributed by atoms with Crippen molar-refractivity contribution >= 4 is 0 Å². The maximum Gasteiger partial charge on any atom is 0.146 e. The summed E-state index contributed by atoms with van der Waals surface area (Å²) in [4.78, 5) is -0.821. The van der Waals surface area contributed by atoms with Gasteiger partial charge in [0.15, 0.2) is 0 Å². The van der Waals surface area contributed by atoms with Crippen LogP contribution in [0.3, 0.4) is 0 Å². The Morgan fingerprint density at radius 3 is 1.12 bits per heavy atom. The molecule has 0 aliphatic carbocycles. The van der Waals surface area contributed by atoms with E-state index in [9.17, 15) is 10.4 Å². The van der Waals surface area contributed by atoms with Gasteiger partial charge in [-0.05, 0) is 25.1 Å². The van der Waals surface area contributed by atoms with E-state index in [1.54, 1.807) is 0 Å². The number of hydrogen-bond donors (Lipinski definition) is 2. The summed E-state index contributed by atoms with van der Waals surface area (Å²) in [5.74, 6) is 0. The minimum Gasteiger partial charge on any atom is -1.00 e. The molecule has 0 bridgehead atoms. The maximum atomic E-state index is 9.70. The highest BCUT2D eigenvalue weighted by Gasteiger charge is 2.26. The molecule has 0 aromatic heterocycles. The quantitative estimate of drug-likeness (QED) is 0.212. The molecular weight excluding hydrogens is 334 g/mol. The first-order valence-electron chi connectivity index (χ1n) is 10.8. The summed E-state index contributed by atoms with van der Waals surface area (Å²) in [7, 11) is 0. The molecule has 0 saturated heterocycles. The number of hydroxylamine groups is 4. The Labute approximate surface area is 164 Å². The fraction of sp³-hybridized carbons (Fsp3) is 1.00. The van der Waals surface area contributed by atoms with Crippen LogP contribution >= 0.6 is 0 Å². The Morgan fingerprint density at radius 1 is 0.560 bits per heavy atom. The topological polar surface area (TPSA) is 40.5 Å². The van der Waals surface area contributed by atoms with Gasteiger partial charge in [-0.1, -0.05) is 96.8 Å². The summed E-state index contributed by atoms with van der Waals surface area (Å²) in [6, 6.07) is -0.138. The molecule has 0 heterocycles. The Balaban J connectivity index is 0. The van der Waals surface area contributed by atoms with Crippen LogP contribution in [0.5, 0.6) is 0 Å². The van der Waals surface area contributed by atoms with Gasteiger partial charge in [-0.25, -0.2) is 0 Å². The third-order valence-electron chi connectivity index (χ3n) is 5.17. The van der Waals surface area contributed by atoms with Crippen molar-refractivity contribution in [3.63, 3.8) is 0 Å². The van der Waals surface area contributed by atoms with E-state index in [1.807, 2.05) is 13.8 Å². The predicted molar refractivity (Wildman–Crippen MR) is 103 cm³/mol. The zero-order chi connectivity index (χ0) is 18.1. The van der Waals surface area contributed by atoms with Gasteiger partial charge in [-0.2, -0.15) is 10.4 Å². The number of quaternary nitrogens is 1. The minimum absolute atomic E-state index is 0. The van der Waals surface area contributed by atoms with Crippen molar-refractivity contribution in [1.82, 2.24) is 0 Å². The molecule has 2 N–H and O–H groups in total. The van der Waals surface area contributed by atoms with Crippen LogP contribution in [0.1, 0.15) is 124 Å². The summed E-state index contributed by atoms with van der Waals surface area (Å²) < 4.78 is 0. The average Bonchev–Trinajstić information content (AvgIpc) is 2.54. The second-order valence-electron chi connectivity index (χ2n) is 7.91. The van der Waals surface area contributed by atoms with Crippen molar-refractivity contribution in [1.29, 1.82) is 0 Å². The van der Waals surface area contributed by atoms with E-state index in [4.69, 9.17) is 0 Å². The van der Waals surface area contributed by atoms with Gasteiger partial charge in [-0.3, -0.25) is 0 Å². The van der Waals surface area contributed by atoms with Gasteiger partial charge in [-0.15, -0.1) is 0 Å². The molecular formula is C21H46ClNO2. The van der Waals surface area contributed by atoms with Gasteiger partial charge in [0.1, 0.15) is 12.6 Å². The molecule has 0 saturated carbocycles. The van der Waals surface area contributed by atoms with Crippen LogP contribution in [-0.4, -0.2) is 27.8 Å². The number of halogens is 1. The molecule has 0 fully saturated rings. The van der Waals surface area contributed by atoms with E-state index < -0.39 is 4.81 Å². The maximum absolute atomic E-state index is 9.70. The van der Waals surface area contributed by atoms with Crippen LogP contribution in [0.4, 0.5) is 0 Å². The molecule has 0 aromatic carbocycles. The van der Waals surface area contributed by atoms with E-state index in [1.165, 1.54) is 89.9 Å². The Kier molecular flexibility index (Phi) is 20.8. The molecule has 25 heavy (non-hydrogen) atoms. The molecule has 0 atom stereocenters. The standard InChI is InChI=1S/C21H46NO2.ClH/c1-4-5-6-7-8-9-10-11-12-13-14-15-16-17-18-19-20-22(23,24)21(2)3;/h21,23-24H,4-20H2,1-3H3;1H/q+1;/p-1. The fourth-order valence-electron chi connectivity index (χ4n) is 3.15. The van der Waals surface area contributed by atoms with E-state index in [0.717, 1.165) is 12.8 Å². The zero-order valence-electron chi connectivity index (χ0n) is 17.3. The Hall–Kier alpha value is 0.170. The highest BCUT2D eigenvalue weighted by Crippen LogP contribution is 2.14. The molecule has 0 rings (SSSR count). The lowest BCUT2D eigenvalue weighted by Crippen LogP contribution is -3.00. The van der Waals surface area contributed by atoms with E-state index in [-0.39, 0.29) is 18.4 Å². The molecule has 0 aromatic rings. The van der Waals surface area contributed by atoms with Gasteiger partial charge in [0.05, 0.1) is 0 Å². The van der Waals surface area contributed by atoms with Crippen LogP contribution in [0.2, 0.25) is 0 Å². The molecule has 0 radical (unpaired) electrons. The Bertz CT molecular complexity index is 260. The fourth-order valence-corrected chi connectivity index (χ4v) is 3.15. The summed E-state index contributed by atoms with van der Waals surface area (Å²) in [5, 5.41) is 19.4. The predicted octanol–water partition coefficient (Wildman–Crippen LogP) is 4.26. The van der Waals surface area contributed by atoms with E-state index in [2.05, 4.69) is 6.92 Å². The van der Waals surface area contributed by atoms with Gasteiger partial charge in [0, 0.05) is 6.42 Å². The lowest BCUT2D eigenvalue weighted by molar-refractivity contribution is -1.26. The normalized spacial score (nSPS) is 11.8. The number of unbranched alkanes of at least 4 members (excludes halogenated alkanes) is 15. The molecule has 154 valence electrons. The monoisotopic (exact) mass is 379 g/mol. The third kappa shape index (κ3) is 18.8. The first-order valence-corrected chi connectivity index (χ1v) is 10.8. The summed E-state index contributed by atoms with van der Waals surface area (Å²) in [5.41, 5.74) is 0.